The van der Waals surface area contributed by atoms with Gasteiger partial charge in [-0.15, -0.1) is 0 Å². The second-order valence-electron chi connectivity index (χ2n) is 5.38. The van der Waals surface area contributed by atoms with E-state index in [0.717, 1.165) is 18.4 Å². The van der Waals surface area contributed by atoms with E-state index in [0.29, 0.717) is 29.5 Å². The summed E-state index contributed by atoms with van der Waals surface area (Å²) in [6.45, 7) is 0.624. The van der Waals surface area contributed by atoms with Crippen LogP contribution in [0.25, 0.3) is 0 Å². The van der Waals surface area contributed by atoms with Crippen LogP contribution in [0.1, 0.15) is 24.0 Å². The third-order valence-electron chi connectivity index (χ3n) is 3.68. The molecule has 4 heteroatoms. The Morgan fingerprint density at radius 2 is 2.05 bits per heavy atom. The summed E-state index contributed by atoms with van der Waals surface area (Å²) in [5.41, 5.74) is 8.47. The summed E-state index contributed by atoms with van der Waals surface area (Å²) in [7, 11) is 0. The first-order valence-corrected chi connectivity index (χ1v) is 6.98. The molecule has 3 nitrogen and oxygen atoms in total. The Labute approximate surface area is 123 Å². The highest BCUT2D eigenvalue weighted by Crippen LogP contribution is 2.34. The van der Waals surface area contributed by atoms with Crippen molar-refractivity contribution in [3.8, 4) is 6.07 Å². The molecule has 0 heterocycles. The van der Waals surface area contributed by atoms with E-state index in [-0.39, 0.29) is 5.82 Å². The molecule has 2 aromatic carbocycles. The number of hydrogen-bond acceptors (Lipinski definition) is 3. The molecular weight excluding hydrogens is 265 g/mol. The molecule has 1 fully saturated rings. The molecule has 0 aromatic heterocycles. The highest BCUT2D eigenvalue weighted by molar-refractivity contribution is 5.54. The van der Waals surface area contributed by atoms with Crippen LogP contribution in [0.5, 0.6) is 0 Å². The van der Waals surface area contributed by atoms with Gasteiger partial charge in [0, 0.05) is 18.3 Å². The number of nitriles is 1. The Hall–Kier alpha value is -2.54. The van der Waals surface area contributed by atoms with Crippen LogP contribution >= 0.6 is 0 Å². The van der Waals surface area contributed by atoms with E-state index in [4.69, 9.17) is 11.0 Å². The Bertz CT molecular complexity index is 701. The molecule has 0 radical (unpaired) electrons. The number of nitrogen functional groups attached to an aromatic ring is 1. The van der Waals surface area contributed by atoms with E-state index < -0.39 is 0 Å². The fraction of sp³-hybridized carbons (Fsp3) is 0.235. The standard InChI is InChI=1S/C17H16FN3/c18-16-9-12(10-19)4-7-17(16)21(15-5-6-15)11-13-2-1-3-14(20)8-13/h1-4,7-9,15H,5-6,11,20H2. The first kappa shape index (κ1) is 13.4. The lowest BCUT2D eigenvalue weighted by molar-refractivity contribution is 0.614. The quantitative estimate of drug-likeness (QED) is 0.873. The van der Waals surface area contributed by atoms with Crippen LogP contribution in [-0.2, 0) is 6.54 Å². The van der Waals surface area contributed by atoms with Gasteiger partial charge in [0.15, 0.2) is 0 Å². The van der Waals surface area contributed by atoms with Crippen molar-refractivity contribution in [3.05, 3.63) is 59.4 Å². The van der Waals surface area contributed by atoms with Gasteiger partial charge in [-0.2, -0.15) is 5.26 Å². The van der Waals surface area contributed by atoms with Crippen molar-refractivity contribution in [3.63, 3.8) is 0 Å². The first-order chi connectivity index (χ1) is 10.2. The van der Waals surface area contributed by atoms with Gasteiger partial charge in [-0.05, 0) is 48.7 Å². The van der Waals surface area contributed by atoms with E-state index in [1.165, 1.54) is 6.07 Å². The summed E-state index contributed by atoms with van der Waals surface area (Å²) < 4.78 is 14.2. The van der Waals surface area contributed by atoms with Crippen molar-refractivity contribution in [2.24, 2.45) is 0 Å². The molecule has 0 amide bonds. The molecule has 0 aliphatic heterocycles. The summed E-state index contributed by atoms with van der Waals surface area (Å²) in [6, 6.07) is 14.6. The highest BCUT2D eigenvalue weighted by Gasteiger charge is 2.30. The second-order valence-corrected chi connectivity index (χ2v) is 5.38. The predicted molar refractivity (Wildman–Crippen MR) is 81.2 cm³/mol. The molecule has 21 heavy (non-hydrogen) atoms. The van der Waals surface area contributed by atoms with Crippen LogP contribution in [0.2, 0.25) is 0 Å². The van der Waals surface area contributed by atoms with Gasteiger partial charge < -0.3 is 10.6 Å². The third-order valence-corrected chi connectivity index (χ3v) is 3.68. The van der Waals surface area contributed by atoms with Crippen molar-refractivity contribution >= 4 is 11.4 Å². The van der Waals surface area contributed by atoms with E-state index in [2.05, 4.69) is 4.90 Å². The summed E-state index contributed by atoms with van der Waals surface area (Å²) in [5.74, 6) is -0.343. The monoisotopic (exact) mass is 281 g/mol. The minimum Gasteiger partial charge on any atom is -0.399 e. The molecule has 1 aliphatic carbocycles. The van der Waals surface area contributed by atoms with Gasteiger partial charge in [-0.1, -0.05) is 12.1 Å². The van der Waals surface area contributed by atoms with Crippen molar-refractivity contribution in [1.29, 1.82) is 5.26 Å². The molecule has 0 atom stereocenters. The Morgan fingerprint density at radius 1 is 1.24 bits per heavy atom. The van der Waals surface area contributed by atoms with E-state index in [1.54, 1.807) is 12.1 Å². The molecular formula is C17H16FN3. The number of anilines is 2. The first-order valence-electron chi connectivity index (χ1n) is 6.98. The van der Waals surface area contributed by atoms with Crippen LogP contribution in [0.3, 0.4) is 0 Å². The Kier molecular flexibility index (Phi) is 3.49. The smallest absolute Gasteiger partial charge is 0.147 e. The van der Waals surface area contributed by atoms with Crippen LogP contribution in [0.15, 0.2) is 42.5 Å². The van der Waals surface area contributed by atoms with Gasteiger partial charge in [0.2, 0.25) is 0 Å². The zero-order valence-corrected chi connectivity index (χ0v) is 11.6. The van der Waals surface area contributed by atoms with E-state index in [9.17, 15) is 4.39 Å². The second kappa shape index (κ2) is 5.45. The summed E-state index contributed by atoms with van der Waals surface area (Å²) in [6.07, 6.45) is 2.14. The van der Waals surface area contributed by atoms with Crippen molar-refractivity contribution in [1.82, 2.24) is 0 Å². The zero-order chi connectivity index (χ0) is 14.8. The molecule has 0 unspecified atom stereocenters. The molecule has 0 bridgehead atoms. The molecule has 2 N–H and O–H groups in total. The highest BCUT2D eigenvalue weighted by atomic mass is 19.1. The molecule has 0 spiro atoms. The fourth-order valence-corrected chi connectivity index (χ4v) is 2.49. The van der Waals surface area contributed by atoms with Crippen LogP contribution in [-0.4, -0.2) is 6.04 Å². The Morgan fingerprint density at radius 3 is 2.67 bits per heavy atom. The number of rotatable bonds is 4. The zero-order valence-electron chi connectivity index (χ0n) is 11.6. The minimum atomic E-state index is -0.343. The lowest BCUT2D eigenvalue weighted by Gasteiger charge is -2.25. The SMILES string of the molecule is N#Cc1ccc(N(Cc2cccc(N)c2)C2CC2)c(F)c1. The molecule has 1 aliphatic rings. The van der Waals surface area contributed by atoms with Gasteiger partial charge in [-0.3, -0.25) is 0 Å². The lowest BCUT2D eigenvalue weighted by atomic mass is 10.1. The third kappa shape index (κ3) is 2.97. The number of benzene rings is 2. The topological polar surface area (TPSA) is 53.0 Å². The van der Waals surface area contributed by atoms with Crippen molar-refractivity contribution < 1.29 is 4.39 Å². The van der Waals surface area contributed by atoms with Crippen molar-refractivity contribution in [2.45, 2.75) is 25.4 Å². The Balaban J connectivity index is 1.90. The average molecular weight is 281 g/mol. The summed E-state index contributed by atoms with van der Waals surface area (Å²) in [4.78, 5) is 2.06. The average Bonchev–Trinajstić information content (AvgIpc) is 3.30. The predicted octanol–water partition coefficient (Wildman–Crippen LogP) is 3.45. The maximum absolute atomic E-state index is 14.2. The number of halogens is 1. The number of nitrogens with zero attached hydrogens (tertiary/aromatic N) is 2. The van der Waals surface area contributed by atoms with Crippen LogP contribution < -0.4 is 10.6 Å². The summed E-state index contributed by atoms with van der Waals surface area (Å²) >= 11 is 0. The van der Waals surface area contributed by atoms with Gasteiger partial charge >= 0.3 is 0 Å². The number of nitrogens with two attached hydrogens (primary N) is 1. The number of hydrogen-bond donors (Lipinski definition) is 1. The van der Waals surface area contributed by atoms with Gasteiger partial charge in [0.05, 0.1) is 17.3 Å². The lowest BCUT2D eigenvalue weighted by Crippen LogP contribution is -2.26. The molecule has 106 valence electrons. The van der Waals surface area contributed by atoms with Crippen molar-refractivity contribution in [2.75, 3.05) is 10.6 Å². The maximum atomic E-state index is 14.2. The molecule has 0 saturated heterocycles. The van der Waals surface area contributed by atoms with E-state index >= 15 is 0 Å². The summed E-state index contributed by atoms with van der Waals surface area (Å²) in [5, 5.41) is 8.83. The van der Waals surface area contributed by atoms with Crippen LogP contribution in [0, 0.1) is 17.1 Å². The fourth-order valence-electron chi connectivity index (χ4n) is 2.49. The molecule has 2 aromatic rings. The van der Waals surface area contributed by atoms with Crippen LogP contribution in [0.4, 0.5) is 15.8 Å². The van der Waals surface area contributed by atoms with E-state index in [1.807, 2.05) is 30.3 Å². The van der Waals surface area contributed by atoms with Gasteiger partial charge in [0.1, 0.15) is 5.82 Å². The van der Waals surface area contributed by atoms with Gasteiger partial charge in [0.25, 0.3) is 0 Å². The minimum absolute atomic E-state index is 0.343. The molecule has 3 rings (SSSR count). The normalized spacial score (nSPS) is 13.7. The maximum Gasteiger partial charge on any atom is 0.147 e. The largest absolute Gasteiger partial charge is 0.399 e. The molecule has 1 saturated carbocycles. The van der Waals surface area contributed by atoms with Gasteiger partial charge in [-0.25, -0.2) is 4.39 Å².